The average Bonchev–Trinajstić information content (AvgIpc) is 2.28. The molecule has 0 aliphatic heterocycles. The summed E-state index contributed by atoms with van der Waals surface area (Å²) in [6, 6.07) is 5.68. The number of nitrogens with two attached hydrogens (primary N) is 1. The third-order valence-electron chi connectivity index (χ3n) is 2.22. The summed E-state index contributed by atoms with van der Waals surface area (Å²) in [5.41, 5.74) is 5.27. The Bertz CT molecular complexity index is 545. The van der Waals surface area contributed by atoms with Crippen LogP contribution in [0.3, 0.4) is 0 Å². The van der Waals surface area contributed by atoms with Crippen molar-refractivity contribution in [2.75, 3.05) is 24.4 Å². The Morgan fingerprint density at radius 2 is 1.58 bits per heavy atom. The highest BCUT2D eigenvalue weighted by atomic mass is 32.2. The minimum atomic E-state index is -3.75. The van der Waals surface area contributed by atoms with Crippen LogP contribution in [0.25, 0.3) is 0 Å². The predicted octanol–water partition coefficient (Wildman–Crippen LogP) is 2.27. The van der Waals surface area contributed by atoms with Gasteiger partial charge in [-0.25, -0.2) is 8.42 Å². The molecular weight excluding hydrogens is 289 g/mol. The van der Waals surface area contributed by atoms with Crippen LogP contribution >= 0.6 is 7.60 Å². The molecule has 0 heterocycles. The highest BCUT2D eigenvalue weighted by Crippen LogP contribution is 2.50. The van der Waals surface area contributed by atoms with Gasteiger partial charge in [0.1, 0.15) is 0 Å². The van der Waals surface area contributed by atoms with Crippen LogP contribution in [0.15, 0.2) is 29.2 Å². The van der Waals surface area contributed by atoms with Crippen LogP contribution in [0.1, 0.15) is 13.8 Å². The third-order valence-corrected chi connectivity index (χ3v) is 7.14. The highest BCUT2D eigenvalue weighted by molar-refractivity contribution is 7.97. The van der Waals surface area contributed by atoms with Gasteiger partial charge in [0.25, 0.3) is 0 Å². The Morgan fingerprint density at radius 3 is 2.00 bits per heavy atom. The fourth-order valence-electron chi connectivity index (χ4n) is 1.46. The molecule has 0 saturated heterocycles. The van der Waals surface area contributed by atoms with Gasteiger partial charge in [0.05, 0.1) is 18.1 Å². The zero-order chi connectivity index (χ0) is 14.5. The molecule has 0 radical (unpaired) electrons. The smallest absolute Gasteiger partial charge is 0.346 e. The second-order valence-electron chi connectivity index (χ2n) is 3.76. The van der Waals surface area contributed by atoms with Crippen molar-refractivity contribution in [3.63, 3.8) is 0 Å². The van der Waals surface area contributed by atoms with E-state index < -0.39 is 22.9 Å². The van der Waals surface area contributed by atoms with Gasteiger partial charge < -0.3 is 14.8 Å². The molecule has 0 amide bonds. The van der Waals surface area contributed by atoms with Crippen molar-refractivity contribution in [1.82, 2.24) is 0 Å². The summed E-state index contributed by atoms with van der Waals surface area (Å²) in [6.45, 7) is 3.49. The van der Waals surface area contributed by atoms with Crippen molar-refractivity contribution in [3.8, 4) is 0 Å². The molecular formula is C11H18NO5PS. The van der Waals surface area contributed by atoms with Crippen molar-refractivity contribution in [3.05, 3.63) is 24.3 Å². The van der Waals surface area contributed by atoms with Crippen LogP contribution in [0, 0.1) is 0 Å². The topological polar surface area (TPSA) is 95.7 Å². The highest BCUT2D eigenvalue weighted by Gasteiger charge is 2.32. The van der Waals surface area contributed by atoms with E-state index in [1.165, 1.54) is 24.3 Å². The molecule has 0 aliphatic carbocycles. The van der Waals surface area contributed by atoms with Crippen molar-refractivity contribution in [1.29, 1.82) is 0 Å². The molecule has 1 aromatic carbocycles. The largest absolute Gasteiger partial charge is 0.399 e. The lowest BCUT2D eigenvalue weighted by atomic mass is 10.3. The lowest BCUT2D eigenvalue weighted by molar-refractivity contribution is 0.224. The summed E-state index contributed by atoms with van der Waals surface area (Å²) in [5, 5.41) is 0. The molecule has 1 aromatic rings. The predicted molar refractivity (Wildman–Crippen MR) is 73.8 cm³/mol. The quantitative estimate of drug-likeness (QED) is 0.613. The molecule has 2 N–H and O–H groups in total. The van der Waals surface area contributed by atoms with E-state index in [4.69, 9.17) is 14.8 Å². The summed E-state index contributed by atoms with van der Waals surface area (Å²) in [6.07, 6.45) is 0. The fraction of sp³-hybridized carbons (Fsp3) is 0.455. The first-order valence-corrected chi connectivity index (χ1v) is 9.17. The number of rotatable bonds is 7. The first-order valence-electron chi connectivity index (χ1n) is 5.79. The van der Waals surface area contributed by atoms with Crippen LogP contribution in [0.5, 0.6) is 0 Å². The van der Waals surface area contributed by atoms with Gasteiger partial charge in [0, 0.05) is 5.69 Å². The number of benzene rings is 1. The molecule has 0 aromatic heterocycles. The number of sulfone groups is 1. The molecule has 8 heteroatoms. The summed E-state index contributed by atoms with van der Waals surface area (Å²) < 4.78 is 46.5. The number of nitrogen functional groups attached to an aromatic ring is 1. The second kappa shape index (κ2) is 6.52. The molecule has 0 spiro atoms. The van der Waals surface area contributed by atoms with E-state index in [1.54, 1.807) is 13.8 Å². The van der Waals surface area contributed by atoms with Gasteiger partial charge in [0.2, 0.25) is 0 Å². The maximum Gasteiger partial charge on any atom is 0.346 e. The molecule has 0 unspecified atom stereocenters. The Kier molecular flexibility index (Phi) is 5.55. The molecule has 6 nitrogen and oxygen atoms in total. The SMILES string of the molecule is CCOP(=O)(CS(=O)(=O)c1ccc(N)cc1)OCC. The lowest BCUT2D eigenvalue weighted by Gasteiger charge is -2.16. The van der Waals surface area contributed by atoms with Crippen LogP contribution in [-0.2, 0) is 23.4 Å². The van der Waals surface area contributed by atoms with Crippen molar-refractivity contribution < 1.29 is 22.0 Å². The minimum absolute atomic E-state index is 0.0429. The van der Waals surface area contributed by atoms with Gasteiger partial charge in [-0.05, 0) is 38.1 Å². The Morgan fingerprint density at radius 1 is 1.11 bits per heavy atom. The van der Waals surface area contributed by atoms with E-state index in [0.29, 0.717) is 5.69 Å². The van der Waals surface area contributed by atoms with Crippen LogP contribution in [0.2, 0.25) is 0 Å². The first kappa shape index (κ1) is 16.2. The minimum Gasteiger partial charge on any atom is -0.399 e. The fourth-order valence-corrected chi connectivity index (χ4v) is 5.73. The molecule has 1 rings (SSSR count). The van der Waals surface area contributed by atoms with Crippen LogP contribution < -0.4 is 5.73 Å². The zero-order valence-corrected chi connectivity index (χ0v) is 12.6. The molecule has 108 valence electrons. The normalized spacial score (nSPS) is 12.5. The van der Waals surface area contributed by atoms with Gasteiger partial charge in [-0.2, -0.15) is 0 Å². The number of hydrogen-bond donors (Lipinski definition) is 1. The Balaban J connectivity index is 3.00. The Hall–Kier alpha value is -0.880. The van der Waals surface area contributed by atoms with Gasteiger partial charge in [-0.3, -0.25) is 4.57 Å². The lowest BCUT2D eigenvalue weighted by Crippen LogP contribution is -2.11. The van der Waals surface area contributed by atoms with Gasteiger partial charge in [0.15, 0.2) is 15.3 Å². The number of anilines is 1. The van der Waals surface area contributed by atoms with Crippen LogP contribution in [-0.4, -0.2) is 27.1 Å². The van der Waals surface area contributed by atoms with Crippen LogP contribution in [0.4, 0.5) is 5.69 Å². The standard InChI is InChI=1S/C11H18NO5PS/c1-3-16-18(13,17-4-2)9-19(14,15)11-7-5-10(12)6-8-11/h5-8H,3-4,9,12H2,1-2H3. The monoisotopic (exact) mass is 307 g/mol. The first-order chi connectivity index (χ1) is 8.83. The van der Waals surface area contributed by atoms with Gasteiger partial charge >= 0.3 is 7.60 Å². The molecule has 0 atom stereocenters. The van der Waals surface area contributed by atoms with Gasteiger partial charge in [-0.1, -0.05) is 0 Å². The molecule has 0 aliphatic rings. The van der Waals surface area contributed by atoms with Gasteiger partial charge in [-0.15, -0.1) is 0 Å². The van der Waals surface area contributed by atoms with E-state index in [9.17, 15) is 13.0 Å². The number of hydrogen-bond acceptors (Lipinski definition) is 6. The van der Waals surface area contributed by atoms with E-state index in [-0.39, 0.29) is 18.1 Å². The summed E-state index contributed by atoms with van der Waals surface area (Å²) >= 11 is 0. The van der Waals surface area contributed by atoms with Crippen molar-refractivity contribution in [2.45, 2.75) is 18.7 Å². The van der Waals surface area contributed by atoms with E-state index in [0.717, 1.165) is 0 Å². The zero-order valence-electron chi connectivity index (χ0n) is 10.9. The maximum absolute atomic E-state index is 12.2. The molecule has 19 heavy (non-hydrogen) atoms. The molecule has 0 saturated carbocycles. The summed E-state index contributed by atoms with van der Waals surface area (Å²) in [5.74, 6) is 0. The summed E-state index contributed by atoms with van der Waals surface area (Å²) in [4.78, 5) is 0.0429. The molecule has 0 bridgehead atoms. The maximum atomic E-state index is 12.2. The summed E-state index contributed by atoms with van der Waals surface area (Å²) in [7, 11) is -7.39. The van der Waals surface area contributed by atoms with E-state index >= 15 is 0 Å². The Labute approximate surface area is 113 Å². The third kappa shape index (κ3) is 4.62. The average molecular weight is 307 g/mol. The van der Waals surface area contributed by atoms with E-state index in [1.807, 2.05) is 0 Å². The van der Waals surface area contributed by atoms with Crippen molar-refractivity contribution in [2.24, 2.45) is 0 Å². The second-order valence-corrected chi connectivity index (χ2v) is 8.23. The van der Waals surface area contributed by atoms with E-state index in [2.05, 4.69) is 0 Å². The molecule has 0 fully saturated rings. The van der Waals surface area contributed by atoms with Crippen molar-refractivity contribution >= 4 is 23.1 Å².